The number of halogens is 1. The summed E-state index contributed by atoms with van der Waals surface area (Å²) >= 11 is 1.01. The standard InChI is InChI=1S/C13H10FN3O2S/c14-8-4-3-7-11(12(8)13(15)16)20-10-6-2-1-5-9(10)17(18)19/h1-7H,(H3,15,16). The predicted molar refractivity (Wildman–Crippen MR) is 74.6 cm³/mol. The third-order valence-corrected chi connectivity index (χ3v) is 3.65. The van der Waals surface area contributed by atoms with E-state index >= 15 is 0 Å². The van der Waals surface area contributed by atoms with Crippen molar-refractivity contribution in [2.75, 3.05) is 0 Å². The van der Waals surface area contributed by atoms with E-state index in [2.05, 4.69) is 0 Å². The number of para-hydroxylation sites is 1. The number of hydrogen-bond acceptors (Lipinski definition) is 4. The Hall–Kier alpha value is -2.41. The molecule has 0 saturated carbocycles. The summed E-state index contributed by atoms with van der Waals surface area (Å²) in [6.07, 6.45) is 0. The summed E-state index contributed by atoms with van der Waals surface area (Å²) in [7, 11) is 0. The molecule has 20 heavy (non-hydrogen) atoms. The number of nitro benzene ring substituents is 1. The Balaban J connectivity index is 2.49. The van der Waals surface area contributed by atoms with Crippen molar-refractivity contribution in [1.82, 2.24) is 0 Å². The van der Waals surface area contributed by atoms with Gasteiger partial charge in [-0.05, 0) is 18.2 Å². The molecular formula is C13H10FN3O2S. The average molecular weight is 291 g/mol. The van der Waals surface area contributed by atoms with Crippen LogP contribution in [0.4, 0.5) is 10.1 Å². The molecule has 0 amide bonds. The lowest BCUT2D eigenvalue weighted by molar-refractivity contribution is -0.387. The van der Waals surface area contributed by atoms with E-state index in [1.807, 2.05) is 0 Å². The van der Waals surface area contributed by atoms with Crippen LogP contribution in [-0.4, -0.2) is 10.8 Å². The molecule has 7 heteroatoms. The molecule has 0 fully saturated rings. The van der Waals surface area contributed by atoms with Gasteiger partial charge in [0.25, 0.3) is 5.69 Å². The highest BCUT2D eigenvalue weighted by Crippen LogP contribution is 2.36. The summed E-state index contributed by atoms with van der Waals surface area (Å²) in [6, 6.07) is 10.4. The van der Waals surface area contributed by atoms with Gasteiger partial charge >= 0.3 is 0 Å². The summed E-state index contributed by atoms with van der Waals surface area (Å²) in [6.45, 7) is 0. The largest absolute Gasteiger partial charge is 0.384 e. The van der Waals surface area contributed by atoms with Gasteiger partial charge in [0.1, 0.15) is 11.7 Å². The Labute approximate surface area is 118 Å². The second-order valence-corrected chi connectivity index (χ2v) is 4.94. The first-order valence-electron chi connectivity index (χ1n) is 5.55. The van der Waals surface area contributed by atoms with Crippen LogP contribution in [0.2, 0.25) is 0 Å². The molecule has 0 bridgehead atoms. The van der Waals surface area contributed by atoms with Crippen molar-refractivity contribution in [2.24, 2.45) is 5.73 Å². The first-order chi connectivity index (χ1) is 9.50. The fourth-order valence-corrected chi connectivity index (χ4v) is 2.75. The van der Waals surface area contributed by atoms with Crippen LogP contribution in [-0.2, 0) is 0 Å². The molecule has 0 atom stereocenters. The Bertz CT molecular complexity index is 691. The van der Waals surface area contributed by atoms with E-state index in [4.69, 9.17) is 11.1 Å². The van der Waals surface area contributed by atoms with Crippen LogP contribution in [0.15, 0.2) is 52.3 Å². The topological polar surface area (TPSA) is 93.0 Å². The Morgan fingerprint density at radius 2 is 1.85 bits per heavy atom. The van der Waals surface area contributed by atoms with Gasteiger partial charge in [-0.25, -0.2) is 4.39 Å². The van der Waals surface area contributed by atoms with Crippen LogP contribution >= 0.6 is 11.8 Å². The summed E-state index contributed by atoms with van der Waals surface area (Å²) in [5, 5.41) is 18.4. The van der Waals surface area contributed by atoms with Gasteiger partial charge in [0.15, 0.2) is 0 Å². The molecule has 0 aliphatic heterocycles. The third-order valence-electron chi connectivity index (χ3n) is 2.53. The lowest BCUT2D eigenvalue weighted by atomic mass is 10.2. The molecule has 0 heterocycles. The predicted octanol–water partition coefficient (Wildman–Crippen LogP) is 3.17. The zero-order valence-corrected chi connectivity index (χ0v) is 11.0. The molecule has 102 valence electrons. The average Bonchev–Trinajstić information content (AvgIpc) is 2.38. The van der Waals surface area contributed by atoms with E-state index in [0.717, 1.165) is 11.8 Å². The molecule has 0 aliphatic carbocycles. The normalized spacial score (nSPS) is 10.2. The number of nitro groups is 1. The fraction of sp³-hybridized carbons (Fsp3) is 0. The van der Waals surface area contributed by atoms with Crippen LogP contribution < -0.4 is 5.73 Å². The van der Waals surface area contributed by atoms with Gasteiger partial charge in [0.05, 0.1) is 15.4 Å². The van der Waals surface area contributed by atoms with Crippen LogP contribution in [0.25, 0.3) is 0 Å². The minimum absolute atomic E-state index is 0.0457. The van der Waals surface area contributed by atoms with Crippen molar-refractivity contribution in [1.29, 1.82) is 5.41 Å². The second-order valence-electron chi connectivity index (χ2n) is 3.85. The number of nitrogens with one attached hydrogen (secondary N) is 1. The van der Waals surface area contributed by atoms with E-state index in [9.17, 15) is 14.5 Å². The molecule has 2 aromatic rings. The zero-order valence-electron chi connectivity index (χ0n) is 10.2. The van der Waals surface area contributed by atoms with E-state index in [1.54, 1.807) is 24.3 Å². The highest BCUT2D eigenvalue weighted by atomic mass is 32.2. The molecule has 0 spiro atoms. The first-order valence-corrected chi connectivity index (χ1v) is 6.36. The van der Waals surface area contributed by atoms with Gasteiger partial charge in [0.2, 0.25) is 0 Å². The summed E-state index contributed by atoms with van der Waals surface area (Å²) in [4.78, 5) is 11.2. The molecule has 2 rings (SSSR count). The van der Waals surface area contributed by atoms with Crippen molar-refractivity contribution in [2.45, 2.75) is 9.79 Å². The quantitative estimate of drug-likeness (QED) is 0.391. The summed E-state index contributed by atoms with van der Waals surface area (Å²) < 4.78 is 13.7. The van der Waals surface area contributed by atoms with Crippen molar-refractivity contribution < 1.29 is 9.31 Å². The molecule has 0 aliphatic rings. The van der Waals surface area contributed by atoms with Gasteiger partial charge < -0.3 is 5.73 Å². The maximum atomic E-state index is 13.7. The van der Waals surface area contributed by atoms with Crippen molar-refractivity contribution in [3.05, 3.63) is 64.0 Å². The third kappa shape index (κ3) is 2.77. The molecule has 2 aromatic carbocycles. The van der Waals surface area contributed by atoms with Crippen LogP contribution in [0.3, 0.4) is 0 Å². The SMILES string of the molecule is N=C(N)c1c(F)cccc1Sc1ccccc1[N+](=O)[O-]. The van der Waals surface area contributed by atoms with Crippen LogP contribution in [0, 0.1) is 21.3 Å². The molecule has 0 saturated heterocycles. The van der Waals surface area contributed by atoms with E-state index < -0.39 is 16.6 Å². The van der Waals surface area contributed by atoms with E-state index in [1.165, 1.54) is 18.2 Å². The van der Waals surface area contributed by atoms with Gasteiger partial charge in [-0.15, -0.1) is 0 Å². The summed E-state index contributed by atoms with van der Waals surface area (Å²) in [5.74, 6) is -1.04. The van der Waals surface area contributed by atoms with Gasteiger partial charge in [0, 0.05) is 11.0 Å². The Morgan fingerprint density at radius 1 is 1.20 bits per heavy atom. The van der Waals surface area contributed by atoms with Gasteiger partial charge in [-0.2, -0.15) is 0 Å². The summed E-state index contributed by atoms with van der Waals surface area (Å²) in [5.41, 5.74) is 5.24. The molecule has 0 unspecified atom stereocenters. The molecule has 5 nitrogen and oxygen atoms in total. The second kappa shape index (κ2) is 5.70. The van der Waals surface area contributed by atoms with Crippen molar-refractivity contribution >= 4 is 23.3 Å². The number of rotatable bonds is 4. The first kappa shape index (κ1) is 14.0. The highest BCUT2D eigenvalue weighted by molar-refractivity contribution is 7.99. The van der Waals surface area contributed by atoms with Gasteiger partial charge in [-0.3, -0.25) is 15.5 Å². The van der Waals surface area contributed by atoms with Gasteiger partial charge in [-0.1, -0.05) is 30.0 Å². The lowest BCUT2D eigenvalue weighted by Gasteiger charge is -2.09. The number of nitrogens with zero attached hydrogens (tertiary/aromatic N) is 1. The molecule has 0 radical (unpaired) electrons. The lowest BCUT2D eigenvalue weighted by Crippen LogP contribution is -2.14. The van der Waals surface area contributed by atoms with E-state index in [-0.39, 0.29) is 11.3 Å². The van der Waals surface area contributed by atoms with Crippen LogP contribution in [0.1, 0.15) is 5.56 Å². The van der Waals surface area contributed by atoms with Crippen LogP contribution in [0.5, 0.6) is 0 Å². The van der Waals surface area contributed by atoms with Crippen molar-refractivity contribution in [3.8, 4) is 0 Å². The maximum Gasteiger partial charge on any atom is 0.283 e. The maximum absolute atomic E-state index is 13.7. The smallest absolute Gasteiger partial charge is 0.283 e. The molecule has 0 aromatic heterocycles. The minimum Gasteiger partial charge on any atom is -0.384 e. The number of hydrogen-bond donors (Lipinski definition) is 2. The Morgan fingerprint density at radius 3 is 2.50 bits per heavy atom. The monoisotopic (exact) mass is 291 g/mol. The number of nitrogens with two attached hydrogens (primary N) is 1. The van der Waals surface area contributed by atoms with Crippen molar-refractivity contribution in [3.63, 3.8) is 0 Å². The number of amidine groups is 1. The Kier molecular flexibility index (Phi) is 3.99. The molecule has 3 N–H and O–H groups in total. The number of benzene rings is 2. The zero-order chi connectivity index (χ0) is 14.7. The fourth-order valence-electron chi connectivity index (χ4n) is 1.66. The number of nitrogen functional groups attached to an aromatic ring is 1. The highest BCUT2D eigenvalue weighted by Gasteiger charge is 2.17. The van der Waals surface area contributed by atoms with E-state index in [0.29, 0.717) is 9.79 Å². The molecular weight excluding hydrogens is 281 g/mol. The minimum atomic E-state index is -0.624.